The van der Waals surface area contributed by atoms with Gasteiger partial charge in [0.05, 0.1) is 6.54 Å². The molecule has 20 heavy (non-hydrogen) atoms. The monoisotopic (exact) mass is 297 g/mol. The summed E-state index contributed by atoms with van der Waals surface area (Å²) in [6, 6.07) is 7.15. The number of hydrogen-bond donors (Lipinski definition) is 1. The Morgan fingerprint density at radius 1 is 1.15 bits per heavy atom. The number of hydrogen-bond acceptors (Lipinski definition) is 4. The molecule has 6 nitrogen and oxygen atoms in total. The Balaban J connectivity index is 2.12. The van der Waals surface area contributed by atoms with Crippen molar-refractivity contribution in [1.29, 1.82) is 0 Å². The van der Waals surface area contributed by atoms with Crippen molar-refractivity contribution in [3.05, 3.63) is 41.4 Å². The largest absolute Gasteiger partial charge is 0.446 e. The van der Waals surface area contributed by atoms with Crippen LogP contribution in [0.2, 0.25) is 0 Å². The molecule has 0 aliphatic carbocycles. The molecule has 0 spiro atoms. The van der Waals surface area contributed by atoms with Crippen molar-refractivity contribution in [3.8, 4) is 0 Å². The number of aromatic nitrogens is 1. The molecule has 0 aromatic carbocycles. The fourth-order valence-electron chi connectivity index (χ4n) is 1.85. The standard InChI is InChI=1S/C13H19N3O3S/c1-10-5-6-11(2)16(10)14-9-12-7-8-13(19-12)20(17,18)15(3)4/h5-8,14H,9H2,1-4H3. The Kier molecular flexibility index (Phi) is 3.92. The van der Waals surface area contributed by atoms with E-state index in [1.165, 1.54) is 20.2 Å². The number of rotatable bonds is 5. The van der Waals surface area contributed by atoms with Gasteiger partial charge in [0.1, 0.15) is 5.76 Å². The van der Waals surface area contributed by atoms with Crippen LogP contribution in [0.1, 0.15) is 17.1 Å². The highest BCUT2D eigenvalue weighted by Gasteiger charge is 2.21. The van der Waals surface area contributed by atoms with Crippen LogP contribution in [-0.2, 0) is 16.6 Å². The van der Waals surface area contributed by atoms with E-state index in [9.17, 15) is 8.42 Å². The third-order valence-electron chi connectivity index (χ3n) is 3.05. The van der Waals surface area contributed by atoms with Gasteiger partial charge in [0, 0.05) is 25.5 Å². The second-order valence-corrected chi connectivity index (χ2v) is 6.88. The minimum absolute atomic E-state index is 0.0414. The molecule has 0 atom stereocenters. The Hall–Kier alpha value is -1.73. The van der Waals surface area contributed by atoms with Gasteiger partial charge in [-0.2, -0.15) is 0 Å². The van der Waals surface area contributed by atoms with Crippen molar-refractivity contribution in [3.63, 3.8) is 0 Å². The summed E-state index contributed by atoms with van der Waals surface area (Å²) in [5, 5.41) is -0.0414. The molecule has 0 bridgehead atoms. The van der Waals surface area contributed by atoms with Crippen molar-refractivity contribution < 1.29 is 12.8 Å². The van der Waals surface area contributed by atoms with Crippen LogP contribution in [-0.4, -0.2) is 31.5 Å². The maximum atomic E-state index is 11.9. The molecule has 0 saturated carbocycles. The average Bonchev–Trinajstić information content (AvgIpc) is 2.96. The van der Waals surface area contributed by atoms with Gasteiger partial charge in [-0.15, -0.1) is 0 Å². The van der Waals surface area contributed by atoms with E-state index in [2.05, 4.69) is 5.43 Å². The fourth-order valence-corrected chi connectivity index (χ4v) is 2.66. The Bertz CT molecular complexity index is 679. The predicted molar refractivity (Wildman–Crippen MR) is 76.6 cm³/mol. The highest BCUT2D eigenvalue weighted by atomic mass is 32.2. The lowest BCUT2D eigenvalue weighted by Crippen LogP contribution is -2.21. The van der Waals surface area contributed by atoms with Crippen LogP contribution in [0, 0.1) is 13.8 Å². The van der Waals surface area contributed by atoms with Crippen LogP contribution in [0.15, 0.2) is 33.8 Å². The molecule has 0 fully saturated rings. The summed E-state index contributed by atoms with van der Waals surface area (Å²) in [6.45, 7) is 4.40. The summed E-state index contributed by atoms with van der Waals surface area (Å²) in [5.74, 6) is 0.568. The number of nitrogens with zero attached hydrogens (tertiary/aromatic N) is 2. The lowest BCUT2D eigenvalue weighted by molar-refractivity contribution is 0.399. The van der Waals surface area contributed by atoms with Gasteiger partial charge in [0.25, 0.3) is 10.0 Å². The average molecular weight is 297 g/mol. The molecule has 0 unspecified atom stereocenters. The Labute approximate surface area is 119 Å². The van der Waals surface area contributed by atoms with Gasteiger partial charge in [-0.3, -0.25) is 4.68 Å². The van der Waals surface area contributed by atoms with Crippen molar-refractivity contribution in [2.75, 3.05) is 19.5 Å². The van der Waals surface area contributed by atoms with Crippen molar-refractivity contribution in [1.82, 2.24) is 8.98 Å². The highest BCUT2D eigenvalue weighted by molar-refractivity contribution is 7.88. The first-order valence-corrected chi connectivity index (χ1v) is 7.66. The van der Waals surface area contributed by atoms with Gasteiger partial charge in [0.2, 0.25) is 5.09 Å². The molecule has 0 amide bonds. The molecule has 2 rings (SSSR count). The summed E-state index contributed by atoms with van der Waals surface area (Å²) in [6.07, 6.45) is 0. The molecule has 2 aromatic rings. The Morgan fingerprint density at radius 3 is 2.30 bits per heavy atom. The minimum atomic E-state index is -3.51. The lowest BCUT2D eigenvalue weighted by Gasteiger charge is -2.11. The third-order valence-corrected chi connectivity index (χ3v) is 4.74. The molecular weight excluding hydrogens is 278 g/mol. The first-order valence-electron chi connectivity index (χ1n) is 6.22. The maximum Gasteiger partial charge on any atom is 0.275 e. The van der Waals surface area contributed by atoms with Crippen LogP contribution in [0.5, 0.6) is 0 Å². The first-order chi connectivity index (χ1) is 9.32. The smallest absolute Gasteiger partial charge is 0.275 e. The Morgan fingerprint density at radius 2 is 1.75 bits per heavy atom. The predicted octanol–water partition coefficient (Wildman–Crippen LogP) is 1.69. The fraction of sp³-hybridized carbons (Fsp3) is 0.385. The van der Waals surface area contributed by atoms with Gasteiger partial charge in [-0.1, -0.05) is 0 Å². The van der Waals surface area contributed by atoms with Gasteiger partial charge in [-0.25, -0.2) is 12.7 Å². The van der Waals surface area contributed by atoms with Gasteiger partial charge < -0.3 is 9.84 Å². The normalized spacial score (nSPS) is 12.1. The van der Waals surface area contributed by atoms with E-state index >= 15 is 0 Å². The molecular formula is C13H19N3O3S. The van der Waals surface area contributed by atoms with E-state index in [1.807, 2.05) is 30.7 Å². The molecule has 110 valence electrons. The van der Waals surface area contributed by atoms with E-state index in [4.69, 9.17) is 4.42 Å². The van der Waals surface area contributed by atoms with E-state index < -0.39 is 10.0 Å². The number of furan rings is 1. The molecule has 1 N–H and O–H groups in total. The SMILES string of the molecule is Cc1ccc(C)n1NCc1ccc(S(=O)(=O)N(C)C)o1. The van der Waals surface area contributed by atoms with Gasteiger partial charge in [0.15, 0.2) is 0 Å². The topological polar surface area (TPSA) is 67.5 Å². The molecule has 0 saturated heterocycles. The second-order valence-electron chi connectivity index (χ2n) is 4.79. The van der Waals surface area contributed by atoms with Crippen molar-refractivity contribution >= 4 is 10.0 Å². The van der Waals surface area contributed by atoms with Crippen LogP contribution in [0.25, 0.3) is 0 Å². The third kappa shape index (κ3) is 2.73. The van der Waals surface area contributed by atoms with Crippen molar-refractivity contribution in [2.45, 2.75) is 25.5 Å². The molecule has 0 aliphatic heterocycles. The summed E-state index contributed by atoms with van der Waals surface area (Å²) in [7, 11) is -0.563. The molecule has 0 aliphatic rings. The highest BCUT2D eigenvalue weighted by Crippen LogP contribution is 2.17. The summed E-state index contributed by atoms with van der Waals surface area (Å²) in [4.78, 5) is 0. The molecule has 7 heteroatoms. The van der Waals surface area contributed by atoms with Crippen LogP contribution in [0.4, 0.5) is 0 Å². The quantitative estimate of drug-likeness (QED) is 0.912. The van der Waals surface area contributed by atoms with E-state index in [0.717, 1.165) is 15.7 Å². The van der Waals surface area contributed by atoms with Crippen molar-refractivity contribution in [2.24, 2.45) is 0 Å². The maximum absolute atomic E-state index is 11.9. The molecule has 2 heterocycles. The molecule has 2 aromatic heterocycles. The van der Waals surface area contributed by atoms with E-state index in [-0.39, 0.29) is 5.09 Å². The van der Waals surface area contributed by atoms with Gasteiger partial charge >= 0.3 is 0 Å². The van der Waals surface area contributed by atoms with Gasteiger partial charge in [-0.05, 0) is 38.1 Å². The second kappa shape index (κ2) is 5.34. The number of sulfonamides is 1. The van der Waals surface area contributed by atoms with E-state index in [1.54, 1.807) is 6.07 Å². The number of aryl methyl sites for hydroxylation is 2. The van der Waals surface area contributed by atoms with Crippen LogP contribution >= 0.6 is 0 Å². The first kappa shape index (κ1) is 14.7. The summed E-state index contributed by atoms with van der Waals surface area (Å²) in [5.41, 5.74) is 5.34. The van der Waals surface area contributed by atoms with Crippen LogP contribution < -0.4 is 5.43 Å². The molecule has 0 radical (unpaired) electrons. The lowest BCUT2D eigenvalue weighted by atomic mass is 10.4. The minimum Gasteiger partial charge on any atom is -0.446 e. The number of nitrogens with one attached hydrogen (secondary N) is 1. The summed E-state index contributed by atoms with van der Waals surface area (Å²) < 4.78 is 32.2. The zero-order chi connectivity index (χ0) is 14.9. The summed E-state index contributed by atoms with van der Waals surface area (Å²) >= 11 is 0. The zero-order valence-corrected chi connectivity index (χ0v) is 12.9. The van der Waals surface area contributed by atoms with Crippen LogP contribution in [0.3, 0.4) is 0 Å². The zero-order valence-electron chi connectivity index (χ0n) is 12.0. The van der Waals surface area contributed by atoms with E-state index in [0.29, 0.717) is 12.3 Å².